The standard InChI is InChI=1S/C11H13ClO/c1-9(8-13)7-11(12)10-5-3-2-4-6-10/h2-6,8-9,11H,7H2,1H3. The fourth-order valence-corrected chi connectivity index (χ4v) is 1.61. The molecule has 70 valence electrons. The van der Waals surface area contributed by atoms with E-state index in [-0.39, 0.29) is 11.3 Å². The molecule has 1 nitrogen and oxygen atoms in total. The molecule has 0 amide bonds. The summed E-state index contributed by atoms with van der Waals surface area (Å²) in [5.41, 5.74) is 1.08. The first kappa shape index (κ1) is 10.3. The second kappa shape index (κ2) is 5.03. The summed E-state index contributed by atoms with van der Waals surface area (Å²) in [4.78, 5) is 10.4. The first-order chi connectivity index (χ1) is 6.24. The van der Waals surface area contributed by atoms with Crippen molar-refractivity contribution in [1.29, 1.82) is 0 Å². The smallest absolute Gasteiger partial charge is 0.122 e. The van der Waals surface area contributed by atoms with Gasteiger partial charge in [0.15, 0.2) is 0 Å². The van der Waals surface area contributed by atoms with Crippen LogP contribution >= 0.6 is 11.6 Å². The minimum Gasteiger partial charge on any atom is -0.303 e. The van der Waals surface area contributed by atoms with Gasteiger partial charge in [-0.25, -0.2) is 0 Å². The van der Waals surface area contributed by atoms with E-state index in [9.17, 15) is 4.79 Å². The van der Waals surface area contributed by atoms with E-state index >= 15 is 0 Å². The highest BCUT2D eigenvalue weighted by Crippen LogP contribution is 2.26. The largest absolute Gasteiger partial charge is 0.303 e. The number of rotatable bonds is 4. The van der Waals surface area contributed by atoms with Crippen LogP contribution in [0.4, 0.5) is 0 Å². The molecule has 0 saturated carbocycles. The van der Waals surface area contributed by atoms with Crippen LogP contribution in [0.3, 0.4) is 0 Å². The number of halogens is 1. The molecular weight excluding hydrogens is 184 g/mol. The summed E-state index contributed by atoms with van der Waals surface area (Å²) in [5, 5.41) is -0.0543. The maximum Gasteiger partial charge on any atom is 0.122 e. The van der Waals surface area contributed by atoms with E-state index in [4.69, 9.17) is 11.6 Å². The molecule has 0 saturated heterocycles. The van der Waals surface area contributed by atoms with Crippen LogP contribution in [0.1, 0.15) is 24.3 Å². The summed E-state index contributed by atoms with van der Waals surface area (Å²) in [6.07, 6.45) is 1.65. The molecule has 0 spiro atoms. The van der Waals surface area contributed by atoms with Gasteiger partial charge in [0, 0.05) is 5.92 Å². The van der Waals surface area contributed by atoms with Crippen LogP contribution in [0, 0.1) is 5.92 Å². The second-order valence-electron chi connectivity index (χ2n) is 3.23. The highest BCUT2D eigenvalue weighted by molar-refractivity contribution is 6.20. The summed E-state index contributed by atoms with van der Waals surface area (Å²) < 4.78 is 0. The van der Waals surface area contributed by atoms with E-state index < -0.39 is 0 Å². The molecule has 0 bridgehead atoms. The molecule has 0 aromatic heterocycles. The summed E-state index contributed by atoms with van der Waals surface area (Å²) >= 11 is 6.12. The molecule has 2 unspecified atom stereocenters. The Labute approximate surface area is 83.7 Å². The fraction of sp³-hybridized carbons (Fsp3) is 0.364. The van der Waals surface area contributed by atoms with Crippen molar-refractivity contribution in [2.24, 2.45) is 5.92 Å². The predicted molar refractivity (Wildman–Crippen MR) is 54.9 cm³/mol. The van der Waals surface area contributed by atoms with Crippen molar-refractivity contribution in [3.63, 3.8) is 0 Å². The van der Waals surface area contributed by atoms with Gasteiger partial charge < -0.3 is 4.79 Å². The van der Waals surface area contributed by atoms with Crippen LogP contribution < -0.4 is 0 Å². The van der Waals surface area contributed by atoms with E-state index in [1.54, 1.807) is 0 Å². The van der Waals surface area contributed by atoms with Gasteiger partial charge >= 0.3 is 0 Å². The average molecular weight is 197 g/mol. The Hall–Kier alpha value is -0.820. The maximum atomic E-state index is 10.4. The van der Waals surface area contributed by atoms with Crippen molar-refractivity contribution in [1.82, 2.24) is 0 Å². The van der Waals surface area contributed by atoms with Crippen molar-refractivity contribution >= 4 is 17.9 Å². The number of benzene rings is 1. The first-order valence-electron chi connectivity index (χ1n) is 4.38. The maximum absolute atomic E-state index is 10.4. The van der Waals surface area contributed by atoms with Crippen LogP contribution in [-0.4, -0.2) is 6.29 Å². The zero-order valence-electron chi connectivity index (χ0n) is 7.61. The Bertz CT molecular complexity index is 258. The van der Waals surface area contributed by atoms with Crippen LogP contribution in [0.15, 0.2) is 30.3 Å². The van der Waals surface area contributed by atoms with Gasteiger partial charge in [0.05, 0.1) is 5.38 Å². The molecule has 0 aliphatic carbocycles. The van der Waals surface area contributed by atoms with Crippen LogP contribution in [0.25, 0.3) is 0 Å². The van der Waals surface area contributed by atoms with Crippen LogP contribution in [-0.2, 0) is 4.79 Å². The Morgan fingerprint density at radius 3 is 2.54 bits per heavy atom. The van der Waals surface area contributed by atoms with Crippen molar-refractivity contribution in [3.05, 3.63) is 35.9 Å². The molecule has 13 heavy (non-hydrogen) atoms. The molecule has 2 heteroatoms. The van der Waals surface area contributed by atoms with Crippen LogP contribution in [0.2, 0.25) is 0 Å². The highest BCUT2D eigenvalue weighted by Gasteiger charge is 2.11. The van der Waals surface area contributed by atoms with Gasteiger partial charge in [0.25, 0.3) is 0 Å². The van der Waals surface area contributed by atoms with Crippen molar-refractivity contribution in [2.75, 3.05) is 0 Å². The van der Waals surface area contributed by atoms with Gasteiger partial charge in [-0.1, -0.05) is 37.3 Å². The molecule has 1 rings (SSSR count). The second-order valence-corrected chi connectivity index (χ2v) is 3.75. The Balaban J connectivity index is 2.58. The van der Waals surface area contributed by atoms with Gasteiger partial charge in [-0.2, -0.15) is 0 Å². The minimum absolute atomic E-state index is 0.0303. The third kappa shape index (κ3) is 3.19. The molecule has 0 fully saturated rings. The lowest BCUT2D eigenvalue weighted by Gasteiger charge is -2.10. The summed E-state index contributed by atoms with van der Waals surface area (Å²) in [7, 11) is 0. The number of hydrogen-bond donors (Lipinski definition) is 0. The van der Waals surface area contributed by atoms with Gasteiger partial charge in [0.1, 0.15) is 6.29 Å². The molecule has 0 radical (unpaired) electrons. The zero-order chi connectivity index (χ0) is 9.68. The van der Waals surface area contributed by atoms with Crippen molar-refractivity contribution in [2.45, 2.75) is 18.7 Å². The molecular formula is C11H13ClO. The first-order valence-corrected chi connectivity index (χ1v) is 4.82. The topological polar surface area (TPSA) is 17.1 Å². The third-order valence-corrected chi connectivity index (χ3v) is 2.40. The molecule has 0 heterocycles. The quantitative estimate of drug-likeness (QED) is 0.534. The van der Waals surface area contributed by atoms with E-state index in [1.807, 2.05) is 37.3 Å². The van der Waals surface area contributed by atoms with E-state index in [0.29, 0.717) is 6.42 Å². The third-order valence-electron chi connectivity index (χ3n) is 1.97. The number of aldehydes is 1. The number of carbonyl (C=O) groups is 1. The number of alkyl halides is 1. The zero-order valence-corrected chi connectivity index (χ0v) is 8.37. The summed E-state index contributed by atoms with van der Waals surface area (Å²) in [6.45, 7) is 1.88. The lowest BCUT2D eigenvalue weighted by molar-refractivity contribution is -0.110. The normalized spacial score (nSPS) is 14.9. The molecule has 1 aromatic rings. The molecule has 2 atom stereocenters. The van der Waals surface area contributed by atoms with E-state index in [1.165, 1.54) is 0 Å². The summed E-state index contributed by atoms with van der Waals surface area (Å²) in [6, 6.07) is 9.83. The molecule has 0 aliphatic heterocycles. The van der Waals surface area contributed by atoms with Crippen LogP contribution in [0.5, 0.6) is 0 Å². The average Bonchev–Trinajstić information content (AvgIpc) is 2.19. The van der Waals surface area contributed by atoms with Gasteiger partial charge in [-0.05, 0) is 12.0 Å². The lowest BCUT2D eigenvalue weighted by atomic mass is 10.0. The number of hydrogen-bond acceptors (Lipinski definition) is 1. The minimum atomic E-state index is -0.0543. The Kier molecular flexibility index (Phi) is 3.97. The predicted octanol–water partition coefficient (Wildman–Crippen LogP) is 3.19. The Morgan fingerprint density at radius 1 is 1.38 bits per heavy atom. The summed E-state index contributed by atoms with van der Waals surface area (Å²) in [5.74, 6) is 0.0303. The Morgan fingerprint density at radius 2 is 2.00 bits per heavy atom. The van der Waals surface area contributed by atoms with Gasteiger partial charge in [0.2, 0.25) is 0 Å². The van der Waals surface area contributed by atoms with Gasteiger partial charge in [-0.15, -0.1) is 11.6 Å². The molecule has 1 aromatic carbocycles. The van der Waals surface area contributed by atoms with Crippen molar-refractivity contribution in [3.8, 4) is 0 Å². The van der Waals surface area contributed by atoms with E-state index in [0.717, 1.165) is 11.8 Å². The SMILES string of the molecule is CC(C=O)CC(Cl)c1ccccc1. The van der Waals surface area contributed by atoms with Crippen molar-refractivity contribution < 1.29 is 4.79 Å². The molecule has 0 aliphatic rings. The van der Waals surface area contributed by atoms with Gasteiger partial charge in [-0.3, -0.25) is 0 Å². The highest BCUT2D eigenvalue weighted by atomic mass is 35.5. The van der Waals surface area contributed by atoms with E-state index in [2.05, 4.69) is 0 Å². The lowest BCUT2D eigenvalue weighted by Crippen LogP contribution is -2.00. The fourth-order valence-electron chi connectivity index (χ4n) is 1.18. The number of carbonyl (C=O) groups excluding carboxylic acids is 1. The molecule has 0 N–H and O–H groups in total. The monoisotopic (exact) mass is 196 g/mol.